The number of hydrogen-bond donors (Lipinski definition) is 1. The molecule has 1 aliphatic rings. The van der Waals surface area contributed by atoms with E-state index in [0.29, 0.717) is 11.5 Å². The fraction of sp³-hybridized carbons (Fsp3) is 0.455. The zero-order valence-electron chi connectivity index (χ0n) is 17.4. The Morgan fingerprint density at radius 1 is 1.27 bits per heavy atom. The summed E-state index contributed by atoms with van der Waals surface area (Å²) >= 11 is 1.44. The van der Waals surface area contributed by atoms with Gasteiger partial charge < -0.3 is 10.2 Å². The number of aromatic nitrogens is 3. The highest BCUT2D eigenvalue weighted by Crippen LogP contribution is 2.27. The van der Waals surface area contributed by atoms with E-state index in [1.807, 2.05) is 18.2 Å². The molecule has 3 heterocycles. The van der Waals surface area contributed by atoms with Gasteiger partial charge in [0.25, 0.3) is 5.56 Å². The van der Waals surface area contributed by atoms with Gasteiger partial charge in [0.2, 0.25) is 16.0 Å². The van der Waals surface area contributed by atoms with Crippen LogP contribution < -0.4 is 15.8 Å². The lowest BCUT2D eigenvalue weighted by atomic mass is 9.96. The summed E-state index contributed by atoms with van der Waals surface area (Å²) in [5.74, 6) is 0.126. The quantitative estimate of drug-likeness (QED) is 0.657. The Balaban J connectivity index is 1.37. The molecule has 1 aromatic carbocycles. The first kappa shape index (κ1) is 20.5. The number of anilines is 1. The number of carbonyl (C=O) groups excluding carboxylic acids is 1. The first-order valence-corrected chi connectivity index (χ1v) is 11.3. The van der Waals surface area contributed by atoms with Crippen molar-refractivity contribution < 1.29 is 4.79 Å². The molecule has 3 aromatic rings. The maximum atomic E-state index is 12.6. The van der Waals surface area contributed by atoms with Crippen LogP contribution in [0.1, 0.15) is 43.0 Å². The molecule has 30 heavy (non-hydrogen) atoms. The number of piperidine rings is 1. The Morgan fingerprint density at radius 3 is 2.77 bits per heavy atom. The molecule has 8 heteroatoms. The standard InChI is InChI=1S/C22H27N5O2S/c1-3-6-18-13-19(28)27-21(24-18)30-22(25-27)26-11-9-16(10-12-26)20(29)23-14-17-8-5-4-7-15(17)2/h4-5,7-8,13,16H,3,6,9-12,14H2,1-2H3,(H,23,29). The summed E-state index contributed by atoms with van der Waals surface area (Å²) in [4.78, 5) is 32.3. The average Bonchev–Trinajstić information content (AvgIpc) is 3.18. The number of aryl methyl sites for hydroxylation is 2. The third-order valence-corrected chi connectivity index (χ3v) is 6.61. The Bertz CT molecular complexity index is 1100. The van der Waals surface area contributed by atoms with Crippen LogP contribution in [0.2, 0.25) is 0 Å². The maximum absolute atomic E-state index is 12.6. The Hall–Kier alpha value is -2.74. The van der Waals surface area contributed by atoms with Gasteiger partial charge in [0.15, 0.2) is 0 Å². The number of fused-ring (bicyclic) bond motifs is 1. The fourth-order valence-electron chi connectivity index (χ4n) is 3.83. The highest BCUT2D eigenvalue weighted by Gasteiger charge is 2.27. The lowest BCUT2D eigenvalue weighted by Crippen LogP contribution is -2.40. The molecule has 0 unspecified atom stereocenters. The molecule has 1 fully saturated rings. The Labute approximate surface area is 179 Å². The molecule has 0 spiro atoms. The van der Waals surface area contributed by atoms with Gasteiger partial charge in [-0.3, -0.25) is 9.59 Å². The fourth-order valence-corrected chi connectivity index (χ4v) is 4.80. The van der Waals surface area contributed by atoms with E-state index in [4.69, 9.17) is 0 Å². The van der Waals surface area contributed by atoms with Gasteiger partial charge in [-0.25, -0.2) is 4.98 Å². The van der Waals surface area contributed by atoms with Crippen LogP contribution >= 0.6 is 11.3 Å². The highest BCUT2D eigenvalue weighted by molar-refractivity contribution is 7.20. The van der Waals surface area contributed by atoms with Crippen LogP contribution in [0, 0.1) is 12.8 Å². The Morgan fingerprint density at radius 2 is 2.03 bits per heavy atom. The number of benzene rings is 1. The molecule has 2 aromatic heterocycles. The van der Waals surface area contributed by atoms with Crippen molar-refractivity contribution in [3.8, 4) is 0 Å². The minimum absolute atomic E-state index is 0.0108. The van der Waals surface area contributed by atoms with Gasteiger partial charge in [-0.1, -0.05) is 48.9 Å². The van der Waals surface area contributed by atoms with Gasteiger partial charge in [0.1, 0.15) is 0 Å². The van der Waals surface area contributed by atoms with Crippen molar-refractivity contribution in [1.29, 1.82) is 0 Å². The number of amides is 1. The van der Waals surface area contributed by atoms with E-state index in [2.05, 4.69) is 40.2 Å². The van der Waals surface area contributed by atoms with Crippen molar-refractivity contribution in [2.75, 3.05) is 18.0 Å². The van der Waals surface area contributed by atoms with Crippen LogP contribution in [0.5, 0.6) is 0 Å². The van der Waals surface area contributed by atoms with Gasteiger partial charge >= 0.3 is 0 Å². The normalized spacial score (nSPS) is 14.9. The van der Waals surface area contributed by atoms with Gasteiger partial charge in [0.05, 0.1) is 0 Å². The minimum Gasteiger partial charge on any atom is -0.352 e. The molecular formula is C22H27N5O2S. The summed E-state index contributed by atoms with van der Waals surface area (Å²) < 4.78 is 1.39. The monoisotopic (exact) mass is 425 g/mol. The van der Waals surface area contributed by atoms with E-state index in [0.717, 1.165) is 55.2 Å². The molecule has 4 rings (SSSR count). The number of rotatable bonds is 6. The van der Waals surface area contributed by atoms with E-state index < -0.39 is 0 Å². The topological polar surface area (TPSA) is 79.6 Å². The number of carbonyl (C=O) groups is 1. The lowest BCUT2D eigenvalue weighted by molar-refractivity contribution is -0.125. The largest absolute Gasteiger partial charge is 0.352 e. The van der Waals surface area contributed by atoms with E-state index in [1.54, 1.807) is 6.07 Å². The predicted octanol–water partition coefficient (Wildman–Crippen LogP) is 2.94. The van der Waals surface area contributed by atoms with Gasteiger partial charge in [-0.05, 0) is 37.3 Å². The molecule has 0 aliphatic carbocycles. The smallest absolute Gasteiger partial charge is 0.275 e. The van der Waals surface area contributed by atoms with Gasteiger partial charge in [0, 0.05) is 37.3 Å². The van der Waals surface area contributed by atoms with Crippen LogP contribution in [-0.4, -0.2) is 33.6 Å². The molecule has 7 nitrogen and oxygen atoms in total. The summed E-state index contributed by atoms with van der Waals surface area (Å²) in [6.07, 6.45) is 3.30. The lowest BCUT2D eigenvalue weighted by Gasteiger charge is -2.30. The zero-order valence-corrected chi connectivity index (χ0v) is 18.2. The zero-order chi connectivity index (χ0) is 21.1. The van der Waals surface area contributed by atoms with Gasteiger partial charge in [-0.2, -0.15) is 4.52 Å². The van der Waals surface area contributed by atoms with E-state index in [-0.39, 0.29) is 17.4 Å². The van der Waals surface area contributed by atoms with Crippen molar-refractivity contribution in [3.05, 3.63) is 57.5 Å². The van der Waals surface area contributed by atoms with Crippen LogP contribution in [0.15, 0.2) is 35.1 Å². The predicted molar refractivity (Wildman–Crippen MR) is 119 cm³/mol. The minimum atomic E-state index is -0.128. The molecule has 0 saturated carbocycles. The van der Waals surface area contributed by atoms with Crippen molar-refractivity contribution in [1.82, 2.24) is 19.9 Å². The van der Waals surface area contributed by atoms with E-state index in [9.17, 15) is 9.59 Å². The van der Waals surface area contributed by atoms with E-state index >= 15 is 0 Å². The van der Waals surface area contributed by atoms with E-state index in [1.165, 1.54) is 21.4 Å². The maximum Gasteiger partial charge on any atom is 0.275 e. The summed E-state index contributed by atoms with van der Waals surface area (Å²) in [7, 11) is 0. The summed E-state index contributed by atoms with van der Waals surface area (Å²) in [5.41, 5.74) is 3.03. The number of hydrogen-bond acceptors (Lipinski definition) is 6. The molecule has 158 valence electrons. The number of nitrogens with zero attached hydrogens (tertiary/aromatic N) is 4. The van der Waals surface area contributed by atoms with Crippen LogP contribution in [0.4, 0.5) is 5.13 Å². The molecule has 0 radical (unpaired) electrons. The second-order valence-electron chi connectivity index (χ2n) is 7.82. The third-order valence-electron chi connectivity index (χ3n) is 5.64. The number of nitrogens with one attached hydrogen (secondary N) is 1. The molecule has 1 N–H and O–H groups in total. The van der Waals surface area contributed by atoms with Crippen molar-refractivity contribution >= 4 is 27.3 Å². The summed E-state index contributed by atoms with van der Waals surface area (Å²) in [6, 6.07) is 9.69. The average molecular weight is 426 g/mol. The third kappa shape index (κ3) is 4.38. The highest BCUT2D eigenvalue weighted by atomic mass is 32.1. The van der Waals surface area contributed by atoms with Crippen molar-refractivity contribution in [2.24, 2.45) is 5.92 Å². The van der Waals surface area contributed by atoms with Crippen LogP contribution in [0.3, 0.4) is 0 Å². The second-order valence-corrected chi connectivity index (χ2v) is 8.75. The summed E-state index contributed by atoms with van der Waals surface area (Å²) in [5, 5.41) is 8.36. The molecule has 1 amide bonds. The molecule has 0 atom stereocenters. The molecule has 1 aliphatic heterocycles. The molecular weight excluding hydrogens is 398 g/mol. The SMILES string of the molecule is CCCc1cc(=O)n2nc(N3CCC(C(=O)NCc4ccccc4C)CC3)sc2n1. The Kier molecular flexibility index (Phi) is 6.13. The first-order valence-electron chi connectivity index (χ1n) is 10.5. The first-order chi connectivity index (χ1) is 14.5. The van der Waals surface area contributed by atoms with Crippen LogP contribution in [0.25, 0.3) is 4.96 Å². The van der Waals surface area contributed by atoms with Crippen molar-refractivity contribution in [3.63, 3.8) is 0 Å². The second kappa shape index (κ2) is 8.95. The molecule has 1 saturated heterocycles. The van der Waals surface area contributed by atoms with Crippen molar-refractivity contribution in [2.45, 2.75) is 46.1 Å². The summed E-state index contributed by atoms with van der Waals surface area (Å²) in [6.45, 7) is 6.20. The van der Waals surface area contributed by atoms with Gasteiger partial charge in [-0.15, -0.1) is 5.10 Å². The van der Waals surface area contributed by atoms with Crippen LogP contribution in [-0.2, 0) is 17.8 Å². The molecule has 0 bridgehead atoms.